The average Bonchev–Trinajstić information content (AvgIpc) is 2.34. The van der Waals surface area contributed by atoms with Gasteiger partial charge in [0.2, 0.25) is 0 Å². The zero-order valence-corrected chi connectivity index (χ0v) is 13.3. The lowest BCUT2D eigenvalue weighted by Crippen LogP contribution is -2.52. The molecule has 1 rings (SSSR count). The molecule has 0 aromatic rings. The zero-order valence-electron chi connectivity index (χ0n) is 13.3. The van der Waals surface area contributed by atoms with Crippen molar-refractivity contribution in [3.8, 4) is 0 Å². The van der Waals surface area contributed by atoms with E-state index >= 15 is 0 Å². The Hall–Kier alpha value is -0.0800. The molecule has 1 saturated carbocycles. The molecule has 0 aliphatic heterocycles. The molecule has 1 aliphatic rings. The van der Waals surface area contributed by atoms with Gasteiger partial charge in [0.25, 0.3) is 0 Å². The molecule has 4 atom stereocenters. The van der Waals surface area contributed by atoms with Crippen molar-refractivity contribution in [3.05, 3.63) is 0 Å². The molecular weight excluding hydrogens is 222 g/mol. The van der Waals surface area contributed by atoms with Gasteiger partial charge in [0.15, 0.2) is 0 Å². The van der Waals surface area contributed by atoms with Crippen LogP contribution < -0.4 is 5.32 Å². The minimum atomic E-state index is 0.193. The van der Waals surface area contributed by atoms with Crippen molar-refractivity contribution in [2.75, 3.05) is 14.2 Å². The first kappa shape index (κ1) is 16.0. The quantitative estimate of drug-likeness (QED) is 0.805. The smallest absolute Gasteiger partial charge is 0.0775 e. The minimum Gasteiger partial charge on any atom is -0.379 e. The molecule has 2 nitrogen and oxygen atoms in total. The minimum absolute atomic E-state index is 0.193. The predicted molar refractivity (Wildman–Crippen MR) is 78.8 cm³/mol. The maximum atomic E-state index is 5.85. The summed E-state index contributed by atoms with van der Waals surface area (Å²) in [6.45, 7) is 9.20. The fourth-order valence-electron chi connectivity index (χ4n) is 3.84. The van der Waals surface area contributed by atoms with Crippen molar-refractivity contribution < 1.29 is 4.74 Å². The van der Waals surface area contributed by atoms with E-state index in [1.165, 1.54) is 32.1 Å². The Bertz CT molecular complexity index is 234. The normalized spacial score (nSPS) is 29.0. The SMILES string of the molecule is CCC1CCCCC1C(NC)C(OC)C(C)(C)C. The summed E-state index contributed by atoms with van der Waals surface area (Å²) in [5, 5.41) is 3.57. The van der Waals surface area contributed by atoms with Crippen molar-refractivity contribution in [1.29, 1.82) is 0 Å². The topological polar surface area (TPSA) is 21.3 Å². The van der Waals surface area contributed by atoms with Crippen molar-refractivity contribution in [2.24, 2.45) is 17.3 Å². The molecule has 0 spiro atoms. The van der Waals surface area contributed by atoms with Gasteiger partial charge in [-0.3, -0.25) is 0 Å². The van der Waals surface area contributed by atoms with Gasteiger partial charge in [-0.2, -0.15) is 0 Å². The van der Waals surface area contributed by atoms with Crippen LogP contribution in [-0.4, -0.2) is 26.3 Å². The number of hydrogen-bond donors (Lipinski definition) is 1. The molecule has 0 amide bonds. The van der Waals surface area contributed by atoms with Crippen molar-refractivity contribution in [3.63, 3.8) is 0 Å². The van der Waals surface area contributed by atoms with Gasteiger partial charge in [0.05, 0.1) is 6.10 Å². The van der Waals surface area contributed by atoms with E-state index in [1.807, 2.05) is 7.11 Å². The van der Waals surface area contributed by atoms with Crippen LogP contribution in [0.3, 0.4) is 0 Å². The Balaban J connectivity index is 2.85. The molecule has 0 bridgehead atoms. The Morgan fingerprint density at radius 3 is 2.28 bits per heavy atom. The molecule has 0 radical (unpaired) electrons. The van der Waals surface area contributed by atoms with Crippen molar-refractivity contribution >= 4 is 0 Å². The van der Waals surface area contributed by atoms with Gasteiger partial charge in [-0.05, 0) is 30.7 Å². The summed E-state index contributed by atoms with van der Waals surface area (Å²) in [4.78, 5) is 0. The molecule has 1 aliphatic carbocycles. The van der Waals surface area contributed by atoms with Gasteiger partial charge >= 0.3 is 0 Å². The van der Waals surface area contributed by atoms with Crippen molar-refractivity contribution in [1.82, 2.24) is 5.32 Å². The van der Waals surface area contributed by atoms with E-state index in [1.54, 1.807) is 0 Å². The third-order valence-corrected chi connectivity index (χ3v) is 4.72. The first-order valence-electron chi connectivity index (χ1n) is 7.65. The van der Waals surface area contributed by atoms with Gasteiger partial charge in [0.1, 0.15) is 0 Å². The summed E-state index contributed by atoms with van der Waals surface area (Å²) in [7, 11) is 3.97. The maximum absolute atomic E-state index is 5.85. The van der Waals surface area contributed by atoms with Gasteiger partial charge in [-0.15, -0.1) is 0 Å². The standard InChI is InChI=1S/C16H33NO/c1-7-12-10-8-9-11-13(12)14(17-5)15(18-6)16(2,3)4/h12-15,17H,7-11H2,1-6H3. The van der Waals surface area contributed by atoms with E-state index in [-0.39, 0.29) is 5.41 Å². The van der Waals surface area contributed by atoms with E-state index in [4.69, 9.17) is 4.74 Å². The van der Waals surface area contributed by atoms with E-state index in [2.05, 4.69) is 40.1 Å². The lowest BCUT2D eigenvalue weighted by Gasteiger charge is -2.44. The Kier molecular flexibility index (Phi) is 6.13. The van der Waals surface area contributed by atoms with Crippen molar-refractivity contribution in [2.45, 2.75) is 71.9 Å². The fraction of sp³-hybridized carbons (Fsp3) is 1.00. The second kappa shape index (κ2) is 6.91. The third kappa shape index (κ3) is 3.71. The summed E-state index contributed by atoms with van der Waals surface area (Å²) >= 11 is 0. The number of ether oxygens (including phenoxy) is 1. The molecule has 0 aromatic carbocycles. The number of methoxy groups -OCH3 is 1. The zero-order chi connectivity index (χ0) is 13.8. The van der Waals surface area contributed by atoms with E-state index in [0.717, 1.165) is 11.8 Å². The van der Waals surface area contributed by atoms with E-state index in [9.17, 15) is 0 Å². The van der Waals surface area contributed by atoms with Crippen LogP contribution >= 0.6 is 0 Å². The molecule has 1 N–H and O–H groups in total. The summed E-state index contributed by atoms with van der Waals surface area (Å²) < 4.78 is 5.85. The summed E-state index contributed by atoms with van der Waals surface area (Å²) in [5.41, 5.74) is 0.193. The monoisotopic (exact) mass is 255 g/mol. The van der Waals surface area contributed by atoms with Crippen LogP contribution in [0.1, 0.15) is 59.8 Å². The number of rotatable bonds is 5. The number of nitrogens with one attached hydrogen (secondary N) is 1. The highest BCUT2D eigenvalue weighted by atomic mass is 16.5. The largest absolute Gasteiger partial charge is 0.379 e. The molecule has 0 heterocycles. The van der Waals surface area contributed by atoms with Crippen LogP contribution in [0.2, 0.25) is 0 Å². The average molecular weight is 255 g/mol. The number of hydrogen-bond acceptors (Lipinski definition) is 2. The Morgan fingerprint density at radius 2 is 1.83 bits per heavy atom. The first-order valence-corrected chi connectivity index (χ1v) is 7.65. The first-order chi connectivity index (χ1) is 8.45. The summed E-state index contributed by atoms with van der Waals surface area (Å²) in [5.74, 6) is 1.65. The van der Waals surface area contributed by atoms with Crippen LogP contribution in [0.15, 0.2) is 0 Å². The second-order valence-electron chi connectivity index (χ2n) is 6.95. The Morgan fingerprint density at radius 1 is 1.22 bits per heavy atom. The molecule has 4 unspecified atom stereocenters. The maximum Gasteiger partial charge on any atom is 0.0775 e. The van der Waals surface area contributed by atoms with E-state index in [0.29, 0.717) is 12.1 Å². The summed E-state index contributed by atoms with van der Waals surface area (Å²) in [6, 6.07) is 0.486. The van der Waals surface area contributed by atoms with Crippen LogP contribution in [-0.2, 0) is 4.74 Å². The van der Waals surface area contributed by atoms with Gasteiger partial charge in [-0.25, -0.2) is 0 Å². The van der Waals surface area contributed by atoms with E-state index < -0.39 is 0 Å². The Labute approximate surface area is 114 Å². The lowest BCUT2D eigenvalue weighted by molar-refractivity contribution is -0.0383. The number of likely N-dealkylation sites (N-methyl/N-ethyl adjacent to an activating group) is 1. The van der Waals surface area contributed by atoms with Crippen LogP contribution in [0.4, 0.5) is 0 Å². The second-order valence-corrected chi connectivity index (χ2v) is 6.95. The molecule has 108 valence electrons. The highest BCUT2D eigenvalue weighted by Gasteiger charge is 2.39. The molecular formula is C16H33NO. The van der Waals surface area contributed by atoms with Crippen LogP contribution in [0, 0.1) is 17.3 Å². The lowest BCUT2D eigenvalue weighted by atomic mass is 9.69. The highest BCUT2D eigenvalue weighted by Crippen LogP contribution is 2.38. The van der Waals surface area contributed by atoms with Crippen LogP contribution in [0.5, 0.6) is 0 Å². The fourth-order valence-corrected chi connectivity index (χ4v) is 3.84. The van der Waals surface area contributed by atoms with Gasteiger partial charge in [0, 0.05) is 13.2 Å². The van der Waals surface area contributed by atoms with Crippen LogP contribution in [0.25, 0.3) is 0 Å². The molecule has 2 heteroatoms. The molecule has 1 fully saturated rings. The summed E-state index contributed by atoms with van der Waals surface area (Å²) in [6.07, 6.45) is 7.17. The molecule has 0 saturated heterocycles. The molecule has 0 aromatic heterocycles. The molecule has 18 heavy (non-hydrogen) atoms. The van der Waals surface area contributed by atoms with Gasteiger partial charge in [-0.1, -0.05) is 53.4 Å². The highest BCUT2D eigenvalue weighted by molar-refractivity contribution is 4.93. The predicted octanol–water partition coefficient (Wildman–Crippen LogP) is 3.85. The third-order valence-electron chi connectivity index (χ3n) is 4.72. The van der Waals surface area contributed by atoms with Gasteiger partial charge < -0.3 is 10.1 Å².